The van der Waals surface area contributed by atoms with Crippen LogP contribution in [0, 0.1) is 5.92 Å². The number of hydrogen-bond acceptors (Lipinski definition) is 4. The lowest BCUT2D eigenvalue weighted by Crippen LogP contribution is -2.53. The van der Waals surface area contributed by atoms with Crippen molar-refractivity contribution in [1.29, 1.82) is 0 Å². The molecule has 1 heterocycles. The minimum atomic E-state index is -3.90. The third-order valence-corrected chi connectivity index (χ3v) is 5.92. The molecule has 0 bridgehead atoms. The van der Waals surface area contributed by atoms with Gasteiger partial charge in [-0.05, 0) is 24.1 Å². The van der Waals surface area contributed by atoms with Gasteiger partial charge in [-0.1, -0.05) is 37.0 Å². The summed E-state index contributed by atoms with van der Waals surface area (Å²) in [5.41, 5.74) is 0. The van der Waals surface area contributed by atoms with Crippen molar-refractivity contribution in [3.63, 3.8) is 0 Å². The fourth-order valence-corrected chi connectivity index (χ4v) is 4.06. The first-order valence-corrected chi connectivity index (χ1v) is 9.80. The first kappa shape index (κ1) is 19.5. The van der Waals surface area contributed by atoms with Crippen molar-refractivity contribution in [2.45, 2.75) is 24.8 Å². The van der Waals surface area contributed by atoms with Gasteiger partial charge in [0, 0.05) is 13.1 Å². The molecule has 9 heteroatoms. The Hall–Kier alpha value is -0.860. The molecule has 0 saturated carbocycles. The maximum atomic E-state index is 12.7. The first-order valence-electron chi connectivity index (χ1n) is 7.56. The third kappa shape index (κ3) is 4.61. The van der Waals surface area contributed by atoms with Crippen molar-refractivity contribution in [3.05, 3.63) is 28.2 Å². The van der Waals surface area contributed by atoms with Crippen LogP contribution in [0.15, 0.2) is 23.1 Å². The predicted octanol–water partition coefficient (Wildman–Crippen LogP) is 2.16. The lowest BCUT2D eigenvalue weighted by molar-refractivity contribution is -0.138. The van der Waals surface area contributed by atoms with Crippen LogP contribution in [0.4, 0.5) is 0 Å². The van der Waals surface area contributed by atoms with Crippen LogP contribution in [-0.2, 0) is 19.6 Å². The van der Waals surface area contributed by atoms with Gasteiger partial charge in [0.2, 0.25) is 15.9 Å². The van der Waals surface area contributed by atoms with Crippen LogP contribution in [0.3, 0.4) is 0 Å². The van der Waals surface area contributed by atoms with E-state index in [4.69, 9.17) is 27.9 Å². The van der Waals surface area contributed by atoms with E-state index in [1.165, 1.54) is 18.2 Å². The minimum Gasteiger partial charge on any atom is -0.378 e. The lowest BCUT2D eigenvalue weighted by atomic mass is 10.0. The molecular formula is C15H20Cl2N2O4S. The zero-order chi connectivity index (χ0) is 17.9. The number of rotatable bonds is 5. The van der Waals surface area contributed by atoms with Crippen LogP contribution < -0.4 is 4.72 Å². The Morgan fingerprint density at radius 1 is 1.21 bits per heavy atom. The van der Waals surface area contributed by atoms with E-state index in [0.29, 0.717) is 26.3 Å². The Labute approximate surface area is 152 Å². The highest BCUT2D eigenvalue weighted by Crippen LogP contribution is 2.25. The molecular weight excluding hydrogens is 375 g/mol. The average Bonchev–Trinajstić information content (AvgIpc) is 2.55. The standard InChI is InChI=1S/C15H20Cl2N2O4S/c1-10(2)14(15(20)19-5-7-23-8-6-19)18-24(21,22)11-3-4-12(16)13(17)9-11/h3-4,9-10,14,18H,5-8H2,1-2H3/t14-/m0/s1. The van der Waals surface area contributed by atoms with E-state index in [9.17, 15) is 13.2 Å². The van der Waals surface area contributed by atoms with Crippen molar-refractivity contribution >= 4 is 39.1 Å². The highest BCUT2D eigenvalue weighted by molar-refractivity contribution is 7.89. The summed E-state index contributed by atoms with van der Waals surface area (Å²) < 4.78 is 32.9. The first-order chi connectivity index (χ1) is 11.2. The zero-order valence-electron chi connectivity index (χ0n) is 13.5. The number of amides is 1. The van der Waals surface area contributed by atoms with Gasteiger partial charge >= 0.3 is 0 Å². The average molecular weight is 395 g/mol. The number of carbonyl (C=O) groups is 1. The van der Waals surface area contributed by atoms with E-state index in [1.54, 1.807) is 18.7 Å². The Kier molecular flexibility index (Phi) is 6.50. The van der Waals surface area contributed by atoms with Crippen LogP contribution in [0.1, 0.15) is 13.8 Å². The lowest BCUT2D eigenvalue weighted by Gasteiger charge is -2.32. The number of morpholine rings is 1. The van der Waals surface area contributed by atoms with Crippen LogP contribution in [0.25, 0.3) is 0 Å². The number of ether oxygens (including phenoxy) is 1. The molecule has 1 N–H and O–H groups in total. The SMILES string of the molecule is CC(C)[C@H](NS(=O)(=O)c1ccc(Cl)c(Cl)c1)C(=O)N1CCOCC1. The summed E-state index contributed by atoms with van der Waals surface area (Å²) in [5, 5.41) is 0.403. The van der Waals surface area contributed by atoms with Crippen molar-refractivity contribution < 1.29 is 17.9 Å². The fourth-order valence-electron chi connectivity index (χ4n) is 2.33. The smallest absolute Gasteiger partial charge is 0.241 e. The minimum absolute atomic E-state index is 0.0303. The maximum Gasteiger partial charge on any atom is 0.241 e. The van der Waals surface area contributed by atoms with Crippen molar-refractivity contribution in [2.24, 2.45) is 5.92 Å². The molecule has 1 fully saturated rings. The summed E-state index contributed by atoms with van der Waals surface area (Å²) in [5.74, 6) is -0.463. The van der Waals surface area contributed by atoms with Gasteiger partial charge in [-0.25, -0.2) is 8.42 Å². The molecule has 2 rings (SSSR count). The summed E-state index contributed by atoms with van der Waals surface area (Å²) in [7, 11) is -3.90. The molecule has 1 aromatic carbocycles. The van der Waals surface area contributed by atoms with Gasteiger partial charge in [0.05, 0.1) is 28.2 Å². The van der Waals surface area contributed by atoms with Crippen molar-refractivity contribution in [2.75, 3.05) is 26.3 Å². The quantitative estimate of drug-likeness (QED) is 0.829. The van der Waals surface area contributed by atoms with Gasteiger partial charge in [0.25, 0.3) is 0 Å². The zero-order valence-corrected chi connectivity index (χ0v) is 15.8. The van der Waals surface area contributed by atoms with Gasteiger partial charge in [-0.15, -0.1) is 0 Å². The van der Waals surface area contributed by atoms with Gasteiger partial charge in [-0.3, -0.25) is 4.79 Å². The second kappa shape index (κ2) is 8.01. The fraction of sp³-hybridized carbons (Fsp3) is 0.533. The molecule has 0 unspecified atom stereocenters. The summed E-state index contributed by atoms with van der Waals surface area (Å²) in [6.45, 7) is 5.40. The van der Waals surface area contributed by atoms with E-state index < -0.39 is 16.1 Å². The number of sulfonamides is 1. The number of hydrogen-bond donors (Lipinski definition) is 1. The van der Waals surface area contributed by atoms with Gasteiger partial charge in [0.1, 0.15) is 6.04 Å². The number of carbonyl (C=O) groups excluding carboxylic acids is 1. The van der Waals surface area contributed by atoms with Gasteiger partial charge in [-0.2, -0.15) is 4.72 Å². The van der Waals surface area contributed by atoms with Gasteiger partial charge < -0.3 is 9.64 Å². The van der Waals surface area contributed by atoms with E-state index >= 15 is 0 Å². The van der Waals surface area contributed by atoms with Crippen molar-refractivity contribution in [3.8, 4) is 0 Å². The molecule has 6 nitrogen and oxygen atoms in total. The Morgan fingerprint density at radius 3 is 2.38 bits per heavy atom. The van der Waals surface area contributed by atoms with Crippen molar-refractivity contribution in [1.82, 2.24) is 9.62 Å². The normalized spacial score (nSPS) is 17.1. The monoisotopic (exact) mass is 394 g/mol. The molecule has 1 aromatic rings. The van der Waals surface area contributed by atoms with Crippen LogP contribution in [0.5, 0.6) is 0 Å². The summed E-state index contributed by atoms with van der Waals surface area (Å²) in [6.07, 6.45) is 0. The van der Waals surface area contributed by atoms with E-state index in [1.807, 2.05) is 0 Å². The Morgan fingerprint density at radius 2 is 1.83 bits per heavy atom. The number of nitrogens with zero attached hydrogens (tertiary/aromatic N) is 1. The van der Waals surface area contributed by atoms with Crippen LogP contribution >= 0.6 is 23.2 Å². The van der Waals surface area contributed by atoms with Gasteiger partial charge in [0.15, 0.2) is 0 Å². The predicted molar refractivity (Wildman–Crippen MR) is 92.8 cm³/mol. The highest BCUT2D eigenvalue weighted by Gasteiger charge is 2.32. The van der Waals surface area contributed by atoms with Crippen LogP contribution in [0.2, 0.25) is 10.0 Å². The maximum absolute atomic E-state index is 12.7. The second-order valence-electron chi connectivity index (χ2n) is 5.86. The van der Waals surface area contributed by atoms with Crippen LogP contribution in [-0.4, -0.2) is 51.6 Å². The van der Waals surface area contributed by atoms with E-state index in [0.717, 1.165) is 0 Å². The number of halogens is 2. The molecule has 1 aliphatic heterocycles. The molecule has 1 amide bonds. The molecule has 0 aromatic heterocycles. The molecule has 24 heavy (non-hydrogen) atoms. The molecule has 0 aliphatic carbocycles. The third-order valence-electron chi connectivity index (χ3n) is 3.74. The largest absolute Gasteiger partial charge is 0.378 e. The molecule has 134 valence electrons. The number of benzene rings is 1. The Balaban J connectivity index is 2.22. The van der Waals surface area contributed by atoms with E-state index in [2.05, 4.69) is 4.72 Å². The molecule has 0 radical (unpaired) electrons. The number of nitrogens with one attached hydrogen (secondary N) is 1. The topological polar surface area (TPSA) is 75.7 Å². The Bertz CT molecular complexity index is 703. The summed E-state index contributed by atoms with van der Waals surface area (Å²) in [6, 6.07) is 3.17. The highest BCUT2D eigenvalue weighted by atomic mass is 35.5. The molecule has 1 atom stereocenters. The summed E-state index contributed by atoms with van der Waals surface area (Å²) in [4.78, 5) is 14.3. The second-order valence-corrected chi connectivity index (χ2v) is 8.38. The molecule has 1 saturated heterocycles. The summed E-state index contributed by atoms with van der Waals surface area (Å²) >= 11 is 11.7. The van der Waals surface area contributed by atoms with E-state index in [-0.39, 0.29) is 26.8 Å². The molecule has 1 aliphatic rings. The molecule has 0 spiro atoms.